The molecule has 2 aromatic carbocycles. The summed E-state index contributed by atoms with van der Waals surface area (Å²) in [6.45, 7) is 5.59. The van der Waals surface area contributed by atoms with Gasteiger partial charge in [0, 0.05) is 23.0 Å². The summed E-state index contributed by atoms with van der Waals surface area (Å²) in [7, 11) is 0. The third-order valence-corrected chi connectivity index (χ3v) is 4.72. The van der Waals surface area contributed by atoms with Gasteiger partial charge in [0.2, 0.25) is 0 Å². The molecule has 3 rings (SSSR count). The topological polar surface area (TPSA) is 12.0 Å². The largest absolute Gasteiger partial charge is 0.312 e. The molecule has 2 aromatic rings. The van der Waals surface area contributed by atoms with E-state index in [1.54, 1.807) is 0 Å². The first kappa shape index (κ1) is 14.6. The molecule has 0 heterocycles. The number of benzene rings is 2. The smallest absolute Gasteiger partial charge is 0.0408 e. The molecule has 1 nitrogen and oxygen atoms in total. The molecule has 1 unspecified atom stereocenters. The first-order valence-electron chi connectivity index (χ1n) is 7.61. The lowest BCUT2D eigenvalue weighted by molar-refractivity contribution is 0.422. The molecule has 0 aromatic heterocycles. The van der Waals surface area contributed by atoms with Gasteiger partial charge >= 0.3 is 0 Å². The lowest BCUT2D eigenvalue weighted by Gasteiger charge is -2.27. The average Bonchev–Trinajstić information content (AvgIpc) is 2.88. The summed E-state index contributed by atoms with van der Waals surface area (Å²) in [6.07, 6.45) is 2.19. The van der Waals surface area contributed by atoms with Gasteiger partial charge in [-0.15, -0.1) is 0 Å². The maximum absolute atomic E-state index is 6.08. The standard InChI is InChI=1S/C19H22ClN/c1-19(2,16-6-4-3-5-7-16)13-21-18-11-14-8-9-17(20)10-15(14)12-18/h3-10,18,21H,11-13H2,1-2H3. The number of hydrogen-bond acceptors (Lipinski definition) is 1. The van der Waals surface area contributed by atoms with Gasteiger partial charge in [-0.25, -0.2) is 0 Å². The highest BCUT2D eigenvalue weighted by atomic mass is 35.5. The molecule has 0 radical (unpaired) electrons. The Morgan fingerprint density at radius 1 is 1.05 bits per heavy atom. The molecule has 21 heavy (non-hydrogen) atoms. The van der Waals surface area contributed by atoms with E-state index in [-0.39, 0.29) is 5.41 Å². The number of rotatable bonds is 4. The van der Waals surface area contributed by atoms with Crippen LogP contribution in [0.5, 0.6) is 0 Å². The van der Waals surface area contributed by atoms with Crippen LogP contribution in [0.1, 0.15) is 30.5 Å². The van der Waals surface area contributed by atoms with Crippen LogP contribution in [-0.2, 0) is 18.3 Å². The van der Waals surface area contributed by atoms with Crippen LogP contribution in [-0.4, -0.2) is 12.6 Å². The second kappa shape index (κ2) is 5.82. The highest BCUT2D eigenvalue weighted by Crippen LogP contribution is 2.27. The summed E-state index contributed by atoms with van der Waals surface area (Å²) >= 11 is 6.08. The Hall–Kier alpha value is -1.31. The average molecular weight is 300 g/mol. The number of hydrogen-bond donors (Lipinski definition) is 1. The van der Waals surface area contributed by atoms with Crippen LogP contribution in [0.15, 0.2) is 48.5 Å². The van der Waals surface area contributed by atoms with E-state index in [9.17, 15) is 0 Å². The molecule has 0 spiro atoms. The zero-order valence-electron chi connectivity index (χ0n) is 12.7. The fraction of sp³-hybridized carbons (Fsp3) is 0.368. The van der Waals surface area contributed by atoms with Crippen LogP contribution in [0.3, 0.4) is 0 Å². The maximum Gasteiger partial charge on any atom is 0.0408 e. The molecule has 110 valence electrons. The molecule has 0 saturated carbocycles. The SMILES string of the molecule is CC(C)(CNC1Cc2ccc(Cl)cc2C1)c1ccccc1. The molecule has 0 amide bonds. The number of halogens is 1. The highest BCUT2D eigenvalue weighted by Gasteiger charge is 2.25. The van der Waals surface area contributed by atoms with Crippen molar-refractivity contribution in [1.29, 1.82) is 0 Å². The van der Waals surface area contributed by atoms with Gasteiger partial charge < -0.3 is 5.32 Å². The summed E-state index contributed by atoms with van der Waals surface area (Å²) in [4.78, 5) is 0. The van der Waals surface area contributed by atoms with E-state index in [0.29, 0.717) is 6.04 Å². The first-order valence-corrected chi connectivity index (χ1v) is 7.99. The van der Waals surface area contributed by atoms with E-state index in [0.717, 1.165) is 24.4 Å². The molecule has 1 atom stereocenters. The van der Waals surface area contributed by atoms with E-state index < -0.39 is 0 Å². The zero-order chi connectivity index (χ0) is 14.9. The van der Waals surface area contributed by atoms with Crippen LogP contribution in [0.2, 0.25) is 5.02 Å². The molecule has 1 N–H and O–H groups in total. The van der Waals surface area contributed by atoms with E-state index in [4.69, 9.17) is 11.6 Å². The second-order valence-electron chi connectivity index (χ2n) is 6.65. The van der Waals surface area contributed by atoms with Gasteiger partial charge in [-0.05, 0) is 41.7 Å². The molecular formula is C19H22ClN. The minimum Gasteiger partial charge on any atom is -0.312 e. The van der Waals surface area contributed by atoms with Crippen LogP contribution in [0, 0.1) is 0 Å². The number of nitrogens with one attached hydrogen (secondary N) is 1. The molecule has 1 aliphatic rings. The van der Waals surface area contributed by atoms with Gasteiger partial charge in [-0.1, -0.05) is 61.8 Å². The Balaban J connectivity index is 1.62. The summed E-state index contributed by atoms with van der Waals surface area (Å²) in [5.74, 6) is 0. The van der Waals surface area contributed by atoms with Gasteiger partial charge in [-0.2, -0.15) is 0 Å². The van der Waals surface area contributed by atoms with Gasteiger partial charge in [0.05, 0.1) is 0 Å². The minimum absolute atomic E-state index is 0.147. The van der Waals surface area contributed by atoms with Gasteiger partial charge in [0.15, 0.2) is 0 Å². The lowest BCUT2D eigenvalue weighted by atomic mass is 9.84. The lowest BCUT2D eigenvalue weighted by Crippen LogP contribution is -2.39. The zero-order valence-corrected chi connectivity index (χ0v) is 13.5. The highest BCUT2D eigenvalue weighted by molar-refractivity contribution is 6.30. The van der Waals surface area contributed by atoms with Gasteiger partial charge in [-0.3, -0.25) is 0 Å². The predicted molar refractivity (Wildman–Crippen MR) is 90.1 cm³/mol. The maximum atomic E-state index is 6.08. The van der Waals surface area contributed by atoms with Crippen molar-refractivity contribution in [3.8, 4) is 0 Å². The predicted octanol–water partition coefficient (Wildman–Crippen LogP) is 4.37. The summed E-state index contributed by atoms with van der Waals surface area (Å²) < 4.78 is 0. The fourth-order valence-corrected chi connectivity index (χ4v) is 3.32. The van der Waals surface area contributed by atoms with E-state index in [1.807, 2.05) is 6.07 Å². The van der Waals surface area contributed by atoms with Crippen LogP contribution < -0.4 is 5.32 Å². The normalized spacial score (nSPS) is 17.8. The van der Waals surface area contributed by atoms with Crippen LogP contribution in [0.4, 0.5) is 0 Å². The van der Waals surface area contributed by atoms with Crippen molar-refractivity contribution in [1.82, 2.24) is 5.32 Å². The van der Waals surface area contributed by atoms with Crippen molar-refractivity contribution < 1.29 is 0 Å². The second-order valence-corrected chi connectivity index (χ2v) is 7.09. The van der Waals surface area contributed by atoms with E-state index in [1.165, 1.54) is 16.7 Å². The van der Waals surface area contributed by atoms with Crippen molar-refractivity contribution in [2.75, 3.05) is 6.54 Å². The third kappa shape index (κ3) is 3.30. The van der Waals surface area contributed by atoms with Gasteiger partial charge in [0.1, 0.15) is 0 Å². The van der Waals surface area contributed by atoms with Crippen LogP contribution >= 0.6 is 11.6 Å². The Morgan fingerprint density at radius 3 is 2.52 bits per heavy atom. The fourth-order valence-electron chi connectivity index (χ4n) is 3.12. The molecular weight excluding hydrogens is 278 g/mol. The van der Waals surface area contributed by atoms with Crippen molar-refractivity contribution >= 4 is 11.6 Å². The minimum atomic E-state index is 0.147. The molecule has 0 bridgehead atoms. The third-order valence-electron chi connectivity index (χ3n) is 4.49. The summed E-state index contributed by atoms with van der Waals surface area (Å²) in [5, 5.41) is 4.59. The van der Waals surface area contributed by atoms with Crippen molar-refractivity contribution in [3.05, 3.63) is 70.2 Å². The Kier molecular flexibility index (Phi) is 4.05. The monoisotopic (exact) mass is 299 g/mol. The summed E-state index contributed by atoms with van der Waals surface area (Å²) in [5.41, 5.74) is 4.37. The molecule has 2 heteroatoms. The molecule has 0 aliphatic heterocycles. The van der Waals surface area contributed by atoms with Crippen LogP contribution in [0.25, 0.3) is 0 Å². The molecule has 0 saturated heterocycles. The van der Waals surface area contributed by atoms with Crippen molar-refractivity contribution in [3.63, 3.8) is 0 Å². The Morgan fingerprint density at radius 2 is 1.76 bits per heavy atom. The first-order chi connectivity index (χ1) is 10.0. The Bertz CT molecular complexity index is 619. The van der Waals surface area contributed by atoms with Gasteiger partial charge in [0.25, 0.3) is 0 Å². The van der Waals surface area contributed by atoms with Crippen molar-refractivity contribution in [2.45, 2.75) is 38.1 Å². The number of fused-ring (bicyclic) bond motifs is 1. The van der Waals surface area contributed by atoms with E-state index in [2.05, 4.69) is 61.6 Å². The Labute approximate surface area is 132 Å². The molecule has 0 fully saturated rings. The summed E-state index contributed by atoms with van der Waals surface area (Å²) in [6, 6.07) is 17.5. The quantitative estimate of drug-likeness (QED) is 0.884. The molecule has 1 aliphatic carbocycles. The van der Waals surface area contributed by atoms with E-state index >= 15 is 0 Å². The van der Waals surface area contributed by atoms with Crippen molar-refractivity contribution in [2.24, 2.45) is 0 Å².